The molecule has 16 heavy (non-hydrogen) atoms. The van der Waals surface area contributed by atoms with Crippen LogP contribution in [0.15, 0.2) is 18.2 Å². The largest absolute Gasteiger partial charge is 0.490 e. The van der Waals surface area contributed by atoms with Gasteiger partial charge in [0.05, 0.1) is 0 Å². The fourth-order valence-electron chi connectivity index (χ4n) is 2.18. The van der Waals surface area contributed by atoms with Crippen molar-refractivity contribution in [1.29, 1.82) is 0 Å². The first-order valence-electron chi connectivity index (χ1n) is 6.12. The van der Waals surface area contributed by atoms with Gasteiger partial charge in [-0.15, -0.1) is 0 Å². The Labute approximate surface area is 98.0 Å². The van der Waals surface area contributed by atoms with Crippen molar-refractivity contribution in [3.63, 3.8) is 0 Å². The summed E-state index contributed by atoms with van der Waals surface area (Å²) in [5.41, 5.74) is 2.58. The first-order valence-corrected chi connectivity index (χ1v) is 6.12. The summed E-state index contributed by atoms with van der Waals surface area (Å²) >= 11 is 0. The number of rotatable bonds is 2. The molecular weight excluding hydrogens is 198 g/mol. The summed E-state index contributed by atoms with van der Waals surface area (Å²) in [5.74, 6) is 1.65. The van der Waals surface area contributed by atoms with Crippen LogP contribution >= 0.6 is 0 Å². The van der Waals surface area contributed by atoms with Crippen molar-refractivity contribution < 1.29 is 4.74 Å². The van der Waals surface area contributed by atoms with Gasteiger partial charge in [-0.3, -0.25) is 0 Å². The molecule has 1 heterocycles. The Kier molecular flexibility index (Phi) is 3.49. The van der Waals surface area contributed by atoms with Crippen LogP contribution in [-0.4, -0.2) is 19.2 Å². The summed E-state index contributed by atoms with van der Waals surface area (Å²) in [4.78, 5) is 0. The van der Waals surface area contributed by atoms with Crippen molar-refractivity contribution in [2.24, 2.45) is 5.92 Å². The second-order valence-electron chi connectivity index (χ2n) is 4.82. The third-order valence-corrected chi connectivity index (χ3v) is 3.54. The Hall–Kier alpha value is -1.02. The molecule has 1 N–H and O–H groups in total. The van der Waals surface area contributed by atoms with Crippen molar-refractivity contribution >= 4 is 0 Å². The average Bonchev–Trinajstić information content (AvgIpc) is 2.28. The molecule has 88 valence electrons. The number of hydrogen-bond donors (Lipinski definition) is 1. The van der Waals surface area contributed by atoms with Crippen LogP contribution in [0.1, 0.15) is 24.5 Å². The van der Waals surface area contributed by atoms with Gasteiger partial charge in [-0.2, -0.15) is 0 Å². The van der Waals surface area contributed by atoms with E-state index < -0.39 is 0 Å². The lowest BCUT2D eigenvalue weighted by Gasteiger charge is -2.30. The smallest absolute Gasteiger partial charge is 0.122 e. The highest BCUT2D eigenvalue weighted by Crippen LogP contribution is 2.25. The molecule has 0 radical (unpaired) electrons. The second kappa shape index (κ2) is 4.88. The quantitative estimate of drug-likeness (QED) is 0.825. The number of hydrogen-bond acceptors (Lipinski definition) is 2. The number of aryl methyl sites for hydroxylation is 1. The van der Waals surface area contributed by atoms with Gasteiger partial charge in [-0.1, -0.05) is 19.1 Å². The Morgan fingerprint density at radius 2 is 2.12 bits per heavy atom. The molecule has 2 unspecified atom stereocenters. The highest BCUT2D eigenvalue weighted by atomic mass is 16.5. The lowest BCUT2D eigenvalue weighted by atomic mass is 9.98. The van der Waals surface area contributed by atoms with Gasteiger partial charge in [0.25, 0.3) is 0 Å². The van der Waals surface area contributed by atoms with E-state index in [4.69, 9.17) is 4.74 Å². The van der Waals surface area contributed by atoms with Crippen molar-refractivity contribution in [2.45, 2.75) is 33.3 Å². The predicted octanol–water partition coefficient (Wildman–Crippen LogP) is 2.68. The number of ether oxygens (including phenoxy) is 1. The molecule has 1 saturated heterocycles. The van der Waals surface area contributed by atoms with E-state index in [2.05, 4.69) is 44.3 Å². The van der Waals surface area contributed by atoms with Crippen LogP contribution in [0.4, 0.5) is 0 Å². The van der Waals surface area contributed by atoms with Crippen LogP contribution in [-0.2, 0) is 0 Å². The molecule has 0 bridgehead atoms. The van der Waals surface area contributed by atoms with Crippen LogP contribution in [0.25, 0.3) is 0 Å². The second-order valence-corrected chi connectivity index (χ2v) is 4.82. The SMILES string of the molecule is Cc1cccc(OC2CCNCC2C)c1C. The Bertz CT molecular complexity index is 362. The summed E-state index contributed by atoms with van der Waals surface area (Å²) in [6.07, 6.45) is 1.47. The first-order chi connectivity index (χ1) is 7.68. The zero-order valence-electron chi connectivity index (χ0n) is 10.4. The first kappa shape index (κ1) is 11.5. The fraction of sp³-hybridized carbons (Fsp3) is 0.571. The van der Waals surface area contributed by atoms with Crippen LogP contribution in [0.5, 0.6) is 5.75 Å². The molecule has 1 aliphatic rings. The summed E-state index contributed by atoms with van der Waals surface area (Å²) in [6.45, 7) is 8.65. The predicted molar refractivity (Wildman–Crippen MR) is 67.0 cm³/mol. The summed E-state index contributed by atoms with van der Waals surface area (Å²) in [5, 5.41) is 3.40. The van der Waals surface area contributed by atoms with Crippen molar-refractivity contribution in [2.75, 3.05) is 13.1 Å². The van der Waals surface area contributed by atoms with Crippen molar-refractivity contribution in [3.05, 3.63) is 29.3 Å². The van der Waals surface area contributed by atoms with Crippen LogP contribution < -0.4 is 10.1 Å². The summed E-state index contributed by atoms with van der Waals surface area (Å²) in [6, 6.07) is 6.29. The van der Waals surface area contributed by atoms with Gasteiger partial charge in [0.1, 0.15) is 11.9 Å². The van der Waals surface area contributed by atoms with E-state index in [9.17, 15) is 0 Å². The van der Waals surface area contributed by atoms with E-state index in [1.807, 2.05) is 0 Å². The van der Waals surface area contributed by atoms with Gasteiger partial charge in [-0.25, -0.2) is 0 Å². The zero-order chi connectivity index (χ0) is 11.5. The molecule has 1 fully saturated rings. The van der Waals surface area contributed by atoms with E-state index >= 15 is 0 Å². The monoisotopic (exact) mass is 219 g/mol. The van der Waals surface area contributed by atoms with Crippen molar-refractivity contribution in [3.8, 4) is 5.75 Å². The molecule has 0 amide bonds. The van der Waals surface area contributed by atoms with Gasteiger partial charge in [0, 0.05) is 12.5 Å². The highest BCUT2D eigenvalue weighted by Gasteiger charge is 2.23. The number of benzene rings is 1. The Balaban J connectivity index is 2.10. The van der Waals surface area contributed by atoms with Crippen molar-refractivity contribution in [1.82, 2.24) is 5.32 Å². The molecule has 0 aliphatic carbocycles. The lowest BCUT2D eigenvalue weighted by molar-refractivity contribution is 0.111. The fourth-order valence-corrected chi connectivity index (χ4v) is 2.18. The standard InChI is InChI=1S/C14H21NO/c1-10-5-4-6-14(12(10)3)16-13-7-8-15-9-11(13)2/h4-6,11,13,15H,7-9H2,1-3H3. The van der Waals surface area contributed by atoms with E-state index in [0.717, 1.165) is 25.3 Å². The molecule has 0 spiro atoms. The minimum Gasteiger partial charge on any atom is -0.490 e. The summed E-state index contributed by atoms with van der Waals surface area (Å²) < 4.78 is 6.14. The van der Waals surface area contributed by atoms with E-state index in [1.165, 1.54) is 11.1 Å². The highest BCUT2D eigenvalue weighted by molar-refractivity contribution is 5.38. The molecule has 2 atom stereocenters. The Morgan fingerprint density at radius 1 is 1.31 bits per heavy atom. The maximum absolute atomic E-state index is 6.14. The van der Waals surface area contributed by atoms with Gasteiger partial charge in [-0.05, 0) is 44.0 Å². The average molecular weight is 219 g/mol. The molecular formula is C14H21NO. The molecule has 0 saturated carbocycles. The van der Waals surface area contributed by atoms with E-state index in [-0.39, 0.29) is 0 Å². The molecule has 2 nitrogen and oxygen atoms in total. The van der Waals surface area contributed by atoms with Gasteiger partial charge >= 0.3 is 0 Å². The van der Waals surface area contributed by atoms with E-state index in [0.29, 0.717) is 12.0 Å². The minimum atomic E-state index is 0.363. The normalized spacial score (nSPS) is 25.4. The minimum absolute atomic E-state index is 0.363. The van der Waals surface area contributed by atoms with Gasteiger partial charge in [0.15, 0.2) is 0 Å². The van der Waals surface area contributed by atoms with Crippen LogP contribution in [0.2, 0.25) is 0 Å². The molecule has 1 aromatic carbocycles. The molecule has 2 heteroatoms. The molecule has 1 aliphatic heterocycles. The third-order valence-electron chi connectivity index (χ3n) is 3.54. The Morgan fingerprint density at radius 3 is 2.88 bits per heavy atom. The van der Waals surface area contributed by atoms with E-state index in [1.54, 1.807) is 0 Å². The number of piperidine rings is 1. The maximum atomic E-state index is 6.14. The maximum Gasteiger partial charge on any atom is 0.122 e. The number of nitrogens with one attached hydrogen (secondary N) is 1. The molecule has 1 aromatic rings. The van der Waals surface area contributed by atoms with Gasteiger partial charge in [0.2, 0.25) is 0 Å². The van der Waals surface area contributed by atoms with Crippen LogP contribution in [0.3, 0.4) is 0 Å². The van der Waals surface area contributed by atoms with Gasteiger partial charge < -0.3 is 10.1 Å². The zero-order valence-corrected chi connectivity index (χ0v) is 10.4. The summed E-state index contributed by atoms with van der Waals surface area (Å²) in [7, 11) is 0. The molecule has 2 rings (SSSR count). The lowest BCUT2D eigenvalue weighted by Crippen LogP contribution is -2.41. The molecule has 0 aromatic heterocycles. The van der Waals surface area contributed by atoms with Crippen LogP contribution in [0, 0.1) is 19.8 Å². The third kappa shape index (κ3) is 2.38. The topological polar surface area (TPSA) is 21.3 Å².